The predicted molar refractivity (Wildman–Crippen MR) is 105 cm³/mol. The van der Waals surface area contributed by atoms with Gasteiger partial charge in [-0.1, -0.05) is 30.3 Å². The molecule has 2 aromatic heterocycles. The van der Waals surface area contributed by atoms with Crippen LogP contribution in [0.5, 0.6) is 0 Å². The van der Waals surface area contributed by atoms with E-state index in [1.807, 2.05) is 63.2 Å². The van der Waals surface area contributed by atoms with Crippen LogP contribution in [0.2, 0.25) is 0 Å². The summed E-state index contributed by atoms with van der Waals surface area (Å²) in [6.45, 7) is 3.82. The van der Waals surface area contributed by atoms with Crippen molar-refractivity contribution >= 4 is 5.96 Å². The first-order chi connectivity index (χ1) is 13.0. The van der Waals surface area contributed by atoms with E-state index in [1.54, 1.807) is 4.68 Å². The van der Waals surface area contributed by atoms with Crippen LogP contribution in [0.25, 0.3) is 0 Å². The third kappa shape index (κ3) is 4.93. The van der Waals surface area contributed by atoms with Crippen LogP contribution in [-0.4, -0.2) is 42.5 Å². The van der Waals surface area contributed by atoms with Crippen LogP contribution < -0.4 is 5.32 Å². The highest BCUT2D eigenvalue weighted by Gasteiger charge is 2.11. The van der Waals surface area contributed by atoms with Crippen molar-refractivity contribution in [2.75, 3.05) is 7.05 Å². The third-order valence-electron chi connectivity index (χ3n) is 4.38. The fourth-order valence-corrected chi connectivity index (χ4v) is 2.73. The molecule has 0 spiro atoms. The quantitative estimate of drug-likeness (QED) is 0.530. The van der Waals surface area contributed by atoms with Gasteiger partial charge in [-0.05, 0) is 12.5 Å². The average molecular weight is 366 g/mol. The van der Waals surface area contributed by atoms with Gasteiger partial charge in [0.05, 0.1) is 19.3 Å². The summed E-state index contributed by atoms with van der Waals surface area (Å²) in [5, 5.41) is 16.0. The van der Waals surface area contributed by atoms with Gasteiger partial charge in [0.15, 0.2) is 11.8 Å². The van der Waals surface area contributed by atoms with Crippen LogP contribution in [0.4, 0.5) is 0 Å². The van der Waals surface area contributed by atoms with E-state index in [4.69, 9.17) is 4.99 Å². The van der Waals surface area contributed by atoms with Gasteiger partial charge in [-0.3, -0.25) is 4.68 Å². The first-order valence-electron chi connectivity index (χ1n) is 8.88. The zero-order valence-electron chi connectivity index (χ0n) is 16.3. The van der Waals surface area contributed by atoms with E-state index in [0.717, 1.165) is 23.2 Å². The minimum absolute atomic E-state index is 0.558. The second kappa shape index (κ2) is 8.48. The molecule has 0 radical (unpaired) electrons. The highest BCUT2D eigenvalue weighted by Crippen LogP contribution is 2.05. The number of rotatable bonds is 6. The van der Waals surface area contributed by atoms with E-state index in [1.165, 1.54) is 5.56 Å². The lowest BCUT2D eigenvalue weighted by atomic mass is 10.2. The largest absolute Gasteiger partial charge is 0.349 e. The van der Waals surface area contributed by atoms with Gasteiger partial charge >= 0.3 is 0 Å². The van der Waals surface area contributed by atoms with Crippen LogP contribution >= 0.6 is 0 Å². The summed E-state index contributed by atoms with van der Waals surface area (Å²) < 4.78 is 3.78. The maximum Gasteiger partial charge on any atom is 0.194 e. The van der Waals surface area contributed by atoms with Crippen LogP contribution in [-0.2, 0) is 33.7 Å². The smallest absolute Gasteiger partial charge is 0.194 e. The van der Waals surface area contributed by atoms with Gasteiger partial charge in [-0.2, -0.15) is 5.10 Å². The normalized spacial score (nSPS) is 11.6. The number of aryl methyl sites for hydroxylation is 2. The molecule has 0 aliphatic heterocycles. The van der Waals surface area contributed by atoms with Crippen molar-refractivity contribution < 1.29 is 0 Å². The van der Waals surface area contributed by atoms with Gasteiger partial charge in [0.2, 0.25) is 0 Å². The van der Waals surface area contributed by atoms with Crippen molar-refractivity contribution in [3.8, 4) is 0 Å². The molecule has 0 atom stereocenters. The Morgan fingerprint density at radius 2 is 1.93 bits per heavy atom. The summed E-state index contributed by atoms with van der Waals surface area (Å²) in [5.74, 6) is 2.57. The molecule has 0 saturated carbocycles. The van der Waals surface area contributed by atoms with Crippen molar-refractivity contribution in [3.63, 3.8) is 0 Å². The van der Waals surface area contributed by atoms with E-state index in [0.29, 0.717) is 19.6 Å². The number of hydrogen-bond acceptors (Lipinski definition) is 4. The molecule has 8 nitrogen and oxygen atoms in total. The summed E-state index contributed by atoms with van der Waals surface area (Å²) in [4.78, 5) is 6.88. The zero-order valence-corrected chi connectivity index (χ0v) is 16.3. The van der Waals surface area contributed by atoms with Crippen molar-refractivity contribution in [2.24, 2.45) is 19.1 Å². The fourth-order valence-electron chi connectivity index (χ4n) is 2.73. The zero-order chi connectivity index (χ0) is 19.2. The molecule has 0 bridgehead atoms. The molecule has 1 N–H and O–H groups in total. The van der Waals surface area contributed by atoms with Gasteiger partial charge in [0.1, 0.15) is 5.82 Å². The molecular formula is C19H26N8. The van der Waals surface area contributed by atoms with Crippen LogP contribution in [0.3, 0.4) is 0 Å². The number of benzene rings is 1. The van der Waals surface area contributed by atoms with Gasteiger partial charge < -0.3 is 14.8 Å². The Morgan fingerprint density at radius 3 is 2.56 bits per heavy atom. The lowest BCUT2D eigenvalue weighted by Gasteiger charge is -2.22. The van der Waals surface area contributed by atoms with Crippen molar-refractivity contribution in [1.29, 1.82) is 0 Å². The Labute approximate surface area is 159 Å². The minimum Gasteiger partial charge on any atom is -0.349 e. The van der Waals surface area contributed by atoms with Crippen molar-refractivity contribution in [2.45, 2.75) is 26.6 Å². The molecular weight excluding hydrogens is 340 g/mol. The molecule has 0 aliphatic rings. The summed E-state index contributed by atoms with van der Waals surface area (Å²) in [6.07, 6.45) is 3.88. The minimum atomic E-state index is 0.558. The SMILES string of the molecule is Cc1nnc(CNC(=NCc2ccccc2)N(C)Cc2cnn(C)c2)n1C. The maximum absolute atomic E-state index is 4.80. The Kier molecular flexibility index (Phi) is 5.85. The molecule has 0 amide bonds. The molecule has 3 rings (SSSR count). The summed E-state index contributed by atoms with van der Waals surface area (Å²) >= 11 is 0. The third-order valence-corrected chi connectivity index (χ3v) is 4.38. The Hall–Kier alpha value is -3.16. The first-order valence-corrected chi connectivity index (χ1v) is 8.88. The first kappa shape index (κ1) is 18.6. The Morgan fingerprint density at radius 1 is 1.15 bits per heavy atom. The number of guanidine groups is 1. The summed E-state index contributed by atoms with van der Waals surface area (Å²) in [7, 11) is 5.90. The Balaban J connectivity index is 1.73. The predicted octanol–water partition coefficient (Wildman–Crippen LogP) is 1.63. The van der Waals surface area contributed by atoms with Gasteiger partial charge in [-0.25, -0.2) is 4.99 Å². The van der Waals surface area contributed by atoms with Crippen LogP contribution in [0.1, 0.15) is 22.8 Å². The molecule has 0 fully saturated rings. The van der Waals surface area contributed by atoms with E-state index in [9.17, 15) is 0 Å². The van der Waals surface area contributed by atoms with Crippen molar-refractivity contribution in [3.05, 3.63) is 65.5 Å². The monoisotopic (exact) mass is 366 g/mol. The van der Waals surface area contributed by atoms with Gasteiger partial charge in [-0.15, -0.1) is 10.2 Å². The molecule has 27 heavy (non-hydrogen) atoms. The second-order valence-electron chi connectivity index (χ2n) is 6.58. The van der Waals surface area contributed by atoms with Crippen LogP contribution in [0.15, 0.2) is 47.7 Å². The highest BCUT2D eigenvalue weighted by molar-refractivity contribution is 5.79. The van der Waals surface area contributed by atoms with Crippen molar-refractivity contribution in [1.82, 2.24) is 34.8 Å². The number of hydrogen-bond donors (Lipinski definition) is 1. The lowest BCUT2D eigenvalue weighted by molar-refractivity contribution is 0.472. The summed E-state index contributed by atoms with van der Waals surface area (Å²) in [6, 6.07) is 10.2. The van der Waals surface area contributed by atoms with E-state index >= 15 is 0 Å². The number of nitrogens with one attached hydrogen (secondary N) is 1. The molecule has 8 heteroatoms. The van der Waals surface area contributed by atoms with E-state index < -0.39 is 0 Å². The second-order valence-corrected chi connectivity index (χ2v) is 6.58. The Bertz CT molecular complexity index is 894. The molecule has 1 aromatic carbocycles. The maximum atomic E-state index is 4.80. The summed E-state index contributed by atoms with van der Waals surface area (Å²) in [5.41, 5.74) is 2.30. The van der Waals surface area contributed by atoms with E-state index in [2.05, 4.69) is 37.6 Å². The fraction of sp³-hybridized carbons (Fsp3) is 0.368. The lowest BCUT2D eigenvalue weighted by Crippen LogP contribution is -2.38. The number of aromatic nitrogens is 5. The molecule has 2 heterocycles. The number of nitrogens with zero attached hydrogens (tertiary/aromatic N) is 7. The average Bonchev–Trinajstić information content (AvgIpc) is 3.22. The van der Waals surface area contributed by atoms with Gasteiger partial charge in [0.25, 0.3) is 0 Å². The standard InChI is InChI=1S/C19H26N8/c1-15-23-24-18(27(15)4)12-21-19(20-10-16-8-6-5-7-9-16)25(2)13-17-11-22-26(3)14-17/h5-9,11,14H,10,12-13H2,1-4H3,(H,20,21). The highest BCUT2D eigenvalue weighted by atomic mass is 15.3. The molecule has 0 aliphatic carbocycles. The van der Waals surface area contributed by atoms with E-state index in [-0.39, 0.29) is 0 Å². The van der Waals surface area contributed by atoms with Gasteiger partial charge in [0, 0.05) is 39.4 Å². The van der Waals surface area contributed by atoms with Crippen LogP contribution in [0, 0.1) is 6.92 Å². The molecule has 3 aromatic rings. The number of aliphatic imine (C=N–C) groups is 1. The molecule has 0 saturated heterocycles. The molecule has 0 unspecified atom stereocenters. The molecule has 142 valence electrons. The topological polar surface area (TPSA) is 76.2 Å².